The van der Waals surface area contributed by atoms with Crippen molar-refractivity contribution in [2.75, 3.05) is 29.9 Å². The van der Waals surface area contributed by atoms with Crippen molar-refractivity contribution >= 4 is 23.3 Å². The van der Waals surface area contributed by atoms with Gasteiger partial charge in [-0.15, -0.1) is 0 Å². The molecule has 1 atom stereocenters. The fraction of sp³-hybridized carbons (Fsp3) is 0.517. The first-order chi connectivity index (χ1) is 17.5. The summed E-state index contributed by atoms with van der Waals surface area (Å²) in [6.07, 6.45) is -0.558. The van der Waals surface area contributed by atoms with E-state index in [0.717, 1.165) is 11.3 Å². The topological polar surface area (TPSA) is 88.1 Å². The van der Waals surface area contributed by atoms with E-state index in [0.29, 0.717) is 36.6 Å². The van der Waals surface area contributed by atoms with Crippen LogP contribution in [0.1, 0.15) is 59.1 Å². The molecular weight excluding hydrogens is 475 g/mol. The SMILES string of the molecule is CCOc1ccc(CC(=O)Nc2cc(COC(C)CC(=O)O)cc(F)c2N(CC(C)C)CC(C)C)cc1. The highest BCUT2D eigenvalue weighted by molar-refractivity contribution is 5.96. The number of amides is 1. The van der Waals surface area contributed by atoms with Crippen molar-refractivity contribution in [3.05, 3.63) is 53.3 Å². The van der Waals surface area contributed by atoms with E-state index in [2.05, 4.69) is 33.0 Å². The van der Waals surface area contributed by atoms with Crippen LogP contribution in [0.15, 0.2) is 36.4 Å². The molecule has 0 aliphatic heterocycles. The maximum Gasteiger partial charge on any atom is 0.305 e. The Morgan fingerprint density at radius 2 is 1.62 bits per heavy atom. The van der Waals surface area contributed by atoms with Crippen LogP contribution < -0.4 is 15.0 Å². The van der Waals surface area contributed by atoms with Crippen molar-refractivity contribution < 1.29 is 28.6 Å². The Balaban J connectivity index is 2.34. The smallest absolute Gasteiger partial charge is 0.305 e. The summed E-state index contributed by atoms with van der Waals surface area (Å²) < 4.78 is 26.7. The second-order valence-corrected chi connectivity index (χ2v) is 10.2. The Morgan fingerprint density at radius 3 is 2.16 bits per heavy atom. The highest BCUT2D eigenvalue weighted by Gasteiger charge is 2.22. The van der Waals surface area contributed by atoms with Gasteiger partial charge in [0, 0.05) is 13.1 Å². The Hall–Kier alpha value is -3.13. The third-order valence-electron chi connectivity index (χ3n) is 5.48. The number of carboxylic acids is 1. The van der Waals surface area contributed by atoms with Crippen molar-refractivity contribution in [1.29, 1.82) is 0 Å². The molecule has 1 amide bonds. The number of ether oxygens (including phenoxy) is 2. The van der Waals surface area contributed by atoms with Crippen molar-refractivity contribution in [2.24, 2.45) is 11.8 Å². The number of hydrogen-bond acceptors (Lipinski definition) is 5. The standard InChI is InChI=1S/C29H41FN2O5/c1-7-36-24-10-8-22(9-11-24)15-27(33)31-26-14-23(18-37-21(6)12-28(34)35)13-25(30)29(26)32(16-19(2)3)17-20(4)5/h8-11,13-14,19-21H,7,12,15-18H2,1-6H3,(H,31,33)(H,34,35). The van der Waals surface area contributed by atoms with Gasteiger partial charge >= 0.3 is 5.97 Å². The molecule has 0 saturated heterocycles. The molecule has 2 rings (SSSR count). The molecule has 0 bridgehead atoms. The minimum absolute atomic E-state index is 0.0295. The number of hydrogen-bond donors (Lipinski definition) is 2. The summed E-state index contributed by atoms with van der Waals surface area (Å²) in [5.41, 5.74) is 2.06. The average molecular weight is 517 g/mol. The zero-order chi connectivity index (χ0) is 27.5. The van der Waals surface area contributed by atoms with Crippen LogP contribution >= 0.6 is 0 Å². The van der Waals surface area contributed by atoms with E-state index < -0.39 is 17.9 Å². The summed E-state index contributed by atoms with van der Waals surface area (Å²) in [6.45, 7) is 13.7. The van der Waals surface area contributed by atoms with Gasteiger partial charge in [0.1, 0.15) is 11.6 Å². The summed E-state index contributed by atoms with van der Waals surface area (Å²) in [5.74, 6) is -0.384. The zero-order valence-electron chi connectivity index (χ0n) is 22.8. The molecule has 2 aromatic carbocycles. The molecule has 8 heteroatoms. The second kappa shape index (κ2) is 14.6. The molecule has 0 aromatic heterocycles. The Labute approximate surface area is 220 Å². The lowest BCUT2D eigenvalue weighted by atomic mass is 10.1. The maximum atomic E-state index is 15.6. The largest absolute Gasteiger partial charge is 0.494 e. The summed E-state index contributed by atoms with van der Waals surface area (Å²) in [6, 6.07) is 10.4. The van der Waals surface area contributed by atoms with Gasteiger partial charge in [-0.2, -0.15) is 0 Å². The van der Waals surface area contributed by atoms with Crippen LogP contribution in [0.2, 0.25) is 0 Å². The summed E-state index contributed by atoms with van der Waals surface area (Å²) >= 11 is 0. The molecule has 0 saturated carbocycles. The number of nitrogens with one attached hydrogen (secondary N) is 1. The van der Waals surface area contributed by atoms with E-state index in [9.17, 15) is 9.59 Å². The normalized spacial score (nSPS) is 12.0. The van der Waals surface area contributed by atoms with Gasteiger partial charge in [0.05, 0.1) is 43.5 Å². The molecule has 37 heavy (non-hydrogen) atoms. The number of anilines is 2. The predicted molar refractivity (Wildman–Crippen MR) is 145 cm³/mol. The quantitative estimate of drug-likeness (QED) is 0.306. The lowest BCUT2D eigenvalue weighted by Crippen LogP contribution is -2.33. The molecule has 0 radical (unpaired) electrons. The first kappa shape index (κ1) is 30.1. The van der Waals surface area contributed by atoms with Gasteiger partial charge < -0.3 is 24.8 Å². The molecular formula is C29H41FN2O5. The van der Waals surface area contributed by atoms with E-state index in [4.69, 9.17) is 14.6 Å². The first-order valence-electron chi connectivity index (χ1n) is 12.9. The molecule has 0 spiro atoms. The van der Waals surface area contributed by atoms with Crippen molar-refractivity contribution in [2.45, 2.75) is 67.1 Å². The van der Waals surface area contributed by atoms with Crippen molar-refractivity contribution in [1.82, 2.24) is 0 Å². The van der Waals surface area contributed by atoms with Gasteiger partial charge in [-0.05, 0) is 61.1 Å². The fourth-order valence-corrected chi connectivity index (χ4v) is 4.09. The maximum absolute atomic E-state index is 15.6. The van der Waals surface area contributed by atoms with E-state index in [-0.39, 0.29) is 37.2 Å². The molecule has 2 N–H and O–H groups in total. The molecule has 204 valence electrons. The van der Waals surface area contributed by atoms with Crippen LogP contribution in [-0.2, 0) is 27.4 Å². The van der Waals surface area contributed by atoms with Gasteiger partial charge in [0.2, 0.25) is 5.91 Å². The van der Waals surface area contributed by atoms with E-state index in [1.807, 2.05) is 36.1 Å². The van der Waals surface area contributed by atoms with Crippen molar-refractivity contribution in [3.63, 3.8) is 0 Å². The summed E-state index contributed by atoms with van der Waals surface area (Å²) in [7, 11) is 0. The molecule has 0 fully saturated rings. The van der Waals surface area contributed by atoms with E-state index in [1.165, 1.54) is 6.07 Å². The third kappa shape index (κ3) is 10.4. The van der Waals surface area contributed by atoms with Crippen LogP contribution in [-0.4, -0.2) is 42.8 Å². The number of benzene rings is 2. The zero-order valence-corrected chi connectivity index (χ0v) is 22.8. The number of carboxylic acid groups (broad SMARTS) is 1. The minimum Gasteiger partial charge on any atom is -0.494 e. The number of carbonyl (C=O) groups excluding carboxylic acids is 1. The van der Waals surface area contributed by atoms with Crippen LogP contribution in [0.5, 0.6) is 5.75 Å². The fourth-order valence-electron chi connectivity index (χ4n) is 4.09. The van der Waals surface area contributed by atoms with Crippen LogP contribution in [0.25, 0.3) is 0 Å². The van der Waals surface area contributed by atoms with Crippen LogP contribution in [0, 0.1) is 17.7 Å². The van der Waals surface area contributed by atoms with Gasteiger partial charge in [0.25, 0.3) is 0 Å². The number of rotatable bonds is 15. The van der Waals surface area contributed by atoms with Crippen molar-refractivity contribution in [3.8, 4) is 5.75 Å². The molecule has 0 aliphatic carbocycles. The lowest BCUT2D eigenvalue weighted by molar-refractivity contribution is -0.140. The highest BCUT2D eigenvalue weighted by Crippen LogP contribution is 2.33. The monoisotopic (exact) mass is 516 g/mol. The molecule has 2 aromatic rings. The molecule has 1 unspecified atom stereocenters. The summed E-state index contributed by atoms with van der Waals surface area (Å²) in [4.78, 5) is 26.0. The number of aliphatic carboxylic acids is 1. The number of halogens is 1. The van der Waals surface area contributed by atoms with Gasteiger partial charge in [-0.1, -0.05) is 39.8 Å². The van der Waals surface area contributed by atoms with E-state index in [1.54, 1.807) is 13.0 Å². The van der Waals surface area contributed by atoms with Crippen LogP contribution in [0.3, 0.4) is 0 Å². The predicted octanol–water partition coefficient (Wildman–Crippen LogP) is 5.90. The van der Waals surface area contributed by atoms with Gasteiger partial charge in [-0.3, -0.25) is 9.59 Å². The average Bonchev–Trinajstić information content (AvgIpc) is 2.77. The summed E-state index contributed by atoms with van der Waals surface area (Å²) in [5, 5.41) is 11.9. The first-order valence-corrected chi connectivity index (χ1v) is 12.9. The molecule has 0 heterocycles. The number of nitrogens with zero attached hydrogens (tertiary/aromatic N) is 1. The Morgan fingerprint density at radius 1 is 1.00 bits per heavy atom. The second-order valence-electron chi connectivity index (χ2n) is 10.2. The minimum atomic E-state index is -0.964. The van der Waals surface area contributed by atoms with Crippen LogP contribution in [0.4, 0.5) is 15.8 Å². The Kier molecular flexibility index (Phi) is 11.9. The molecule has 7 nitrogen and oxygen atoms in total. The van der Waals surface area contributed by atoms with E-state index >= 15 is 4.39 Å². The van der Waals surface area contributed by atoms with Gasteiger partial charge in [0.15, 0.2) is 0 Å². The highest BCUT2D eigenvalue weighted by atomic mass is 19.1. The van der Waals surface area contributed by atoms with Gasteiger partial charge in [-0.25, -0.2) is 4.39 Å². The number of carbonyl (C=O) groups is 2. The lowest BCUT2D eigenvalue weighted by Gasteiger charge is -2.31. The third-order valence-corrected chi connectivity index (χ3v) is 5.48. The Bertz CT molecular complexity index is 1010. The molecule has 0 aliphatic rings.